The van der Waals surface area contributed by atoms with Crippen molar-refractivity contribution in [2.75, 3.05) is 25.6 Å². The van der Waals surface area contributed by atoms with Gasteiger partial charge in [-0.05, 0) is 39.2 Å². The Morgan fingerprint density at radius 3 is 1.39 bits per heavy atom. The molecule has 0 aromatic heterocycles. The number of nitrogens with one attached hydrogen (secondary N) is 3. The van der Waals surface area contributed by atoms with Gasteiger partial charge in [0, 0.05) is 28.2 Å². The maximum atomic E-state index is 11.7. The predicted octanol–water partition coefficient (Wildman–Crippen LogP) is 0.494. The largest absolute Gasteiger partial charge is 0.480 e. The van der Waals surface area contributed by atoms with E-state index in [9.17, 15) is 28.8 Å². The van der Waals surface area contributed by atoms with Gasteiger partial charge in [0.05, 0.1) is 0 Å². The monoisotopic (exact) mass is 547 g/mol. The second-order valence-corrected chi connectivity index (χ2v) is 7.11. The third kappa shape index (κ3) is 16.4. The third-order valence-electron chi connectivity index (χ3n) is 3.89. The second-order valence-electron chi connectivity index (χ2n) is 6.38. The highest BCUT2D eigenvalue weighted by molar-refractivity contribution is 7.80. The molecule has 12 nitrogen and oxygen atoms in total. The fraction of sp³-hybridized carbons (Fsp3) is 0.364. The Labute approximate surface area is 220 Å². The topological polar surface area (TPSA) is 199 Å². The van der Waals surface area contributed by atoms with Gasteiger partial charge in [0.2, 0.25) is 0 Å². The number of benzene rings is 1. The predicted molar refractivity (Wildman–Crippen MR) is 142 cm³/mol. The maximum Gasteiger partial charge on any atom is 0.325 e. The van der Waals surface area contributed by atoms with Crippen molar-refractivity contribution in [2.45, 2.75) is 25.0 Å². The molecule has 1 aromatic rings. The summed E-state index contributed by atoms with van der Waals surface area (Å²) in [6, 6.07) is 1.80. The van der Waals surface area contributed by atoms with E-state index in [4.69, 9.17) is 15.3 Å². The molecular weight excluding hydrogens is 514 g/mol. The molecule has 36 heavy (non-hydrogen) atoms. The Morgan fingerprint density at radius 2 is 1.19 bits per heavy atom. The highest BCUT2D eigenvalue weighted by atomic mass is 32.1. The van der Waals surface area contributed by atoms with E-state index in [1.165, 1.54) is 25.1 Å². The number of thiol groups is 2. The molecule has 0 aliphatic carbocycles. The van der Waals surface area contributed by atoms with Crippen LogP contribution in [0.1, 0.15) is 38.0 Å². The molecule has 1 rings (SSSR count). The lowest BCUT2D eigenvalue weighted by Crippen LogP contribution is -2.38. The second kappa shape index (κ2) is 22.3. The minimum atomic E-state index is -1.18. The molecule has 0 heterocycles. The van der Waals surface area contributed by atoms with Crippen LogP contribution >= 0.6 is 25.3 Å². The number of amides is 1. The summed E-state index contributed by atoms with van der Waals surface area (Å²) in [5.41, 5.74) is 0.412. The first-order valence-corrected chi connectivity index (χ1v) is 11.3. The summed E-state index contributed by atoms with van der Waals surface area (Å²) < 4.78 is 0. The van der Waals surface area contributed by atoms with E-state index < -0.39 is 41.9 Å². The SMILES string of the molecule is C=C.CNC(CS)C(=O)O.CNC(CS)C(=O)O.C[C@H](NC(=O)c1cc(C=O)cc(C=O)c1)C(=O)O. The van der Waals surface area contributed by atoms with Crippen LogP contribution < -0.4 is 16.0 Å². The van der Waals surface area contributed by atoms with E-state index in [0.717, 1.165) is 0 Å². The average molecular weight is 548 g/mol. The number of aliphatic carboxylic acids is 3. The van der Waals surface area contributed by atoms with Gasteiger partial charge in [0.25, 0.3) is 5.91 Å². The Morgan fingerprint density at radius 1 is 0.833 bits per heavy atom. The van der Waals surface area contributed by atoms with Crippen LogP contribution in [0.4, 0.5) is 0 Å². The van der Waals surface area contributed by atoms with Crippen molar-refractivity contribution < 1.29 is 44.1 Å². The fourth-order valence-electron chi connectivity index (χ4n) is 1.87. The minimum Gasteiger partial charge on any atom is -0.480 e. The van der Waals surface area contributed by atoms with Gasteiger partial charge in [-0.15, -0.1) is 13.2 Å². The van der Waals surface area contributed by atoms with Gasteiger partial charge < -0.3 is 31.3 Å². The maximum absolute atomic E-state index is 11.7. The summed E-state index contributed by atoms with van der Waals surface area (Å²) in [7, 11) is 3.18. The van der Waals surface area contributed by atoms with Crippen molar-refractivity contribution in [3.8, 4) is 0 Å². The van der Waals surface area contributed by atoms with Gasteiger partial charge in [-0.2, -0.15) is 25.3 Å². The number of likely N-dealkylation sites (N-methyl/N-ethyl adjacent to an activating group) is 2. The van der Waals surface area contributed by atoms with Crippen LogP contribution in [-0.2, 0) is 14.4 Å². The van der Waals surface area contributed by atoms with E-state index in [1.54, 1.807) is 14.1 Å². The van der Waals surface area contributed by atoms with Crippen LogP contribution in [0.5, 0.6) is 0 Å². The molecular formula is C22H33N3O9S2. The number of carbonyl (C=O) groups is 6. The molecule has 1 amide bonds. The summed E-state index contributed by atoms with van der Waals surface area (Å²) in [6.45, 7) is 7.31. The first-order valence-electron chi connectivity index (χ1n) is 10.0. The molecule has 0 fully saturated rings. The quantitative estimate of drug-likeness (QED) is 0.109. The molecule has 14 heteroatoms. The first kappa shape index (κ1) is 37.4. The van der Waals surface area contributed by atoms with Gasteiger partial charge in [0.15, 0.2) is 0 Å². The number of hydrogen-bond donors (Lipinski definition) is 8. The Balaban J connectivity index is -0.000000505. The third-order valence-corrected chi connectivity index (χ3v) is 4.62. The van der Waals surface area contributed by atoms with Crippen molar-refractivity contribution in [1.29, 1.82) is 0 Å². The summed E-state index contributed by atoms with van der Waals surface area (Å²) in [5, 5.41) is 32.6. The number of carboxylic acids is 3. The van der Waals surface area contributed by atoms with Crippen LogP contribution in [0, 0.1) is 0 Å². The molecule has 202 valence electrons. The van der Waals surface area contributed by atoms with Gasteiger partial charge >= 0.3 is 17.9 Å². The summed E-state index contributed by atoms with van der Waals surface area (Å²) >= 11 is 7.58. The van der Waals surface area contributed by atoms with E-state index in [0.29, 0.717) is 24.1 Å². The summed E-state index contributed by atoms with van der Waals surface area (Å²) in [4.78, 5) is 63.7. The van der Waals surface area contributed by atoms with Crippen molar-refractivity contribution in [1.82, 2.24) is 16.0 Å². The lowest BCUT2D eigenvalue weighted by Gasteiger charge is -2.09. The van der Waals surface area contributed by atoms with Gasteiger partial charge in [-0.3, -0.25) is 28.8 Å². The molecule has 0 bridgehead atoms. The van der Waals surface area contributed by atoms with Crippen molar-refractivity contribution >= 4 is 61.6 Å². The smallest absolute Gasteiger partial charge is 0.325 e. The molecule has 3 atom stereocenters. The van der Waals surface area contributed by atoms with E-state index in [1.807, 2.05) is 0 Å². The minimum absolute atomic E-state index is 0.0646. The van der Waals surface area contributed by atoms with Crippen LogP contribution in [-0.4, -0.2) is 95.4 Å². The summed E-state index contributed by atoms with van der Waals surface area (Å²) in [5.74, 6) is -2.90. The standard InChI is InChI=1S/C12H11NO5.2C4H9NO2S.C2H4/c1-7(12(17)18)13-11(16)10-3-8(5-14)2-9(4-10)6-15;2*1-5-3(2-8)4(6)7;1-2/h2-7H,1H3,(H,13,16)(H,17,18);2*3,5,8H,2H2,1H3,(H,6,7);1-2H2/t7-;;;/m0.../s1. The zero-order valence-corrected chi connectivity index (χ0v) is 21.9. The highest BCUT2D eigenvalue weighted by Crippen LogP contribution is 2.08. The molecule has 0 aliphatic heterocycles. The molecule has 0 radical (unpaired) electrons. The van der Waals surface area contributed by atoms with E-state index in [2.05, 4.69) is 54.4 Å². The zero-order valence-electron chi connectivity index (χ0n) is 20.1. The average Bonchev–Trinajstić information content (AvgIpc) is 2.86. The van der Waals surface area contributed by atoms with Crippen molar-refractivity contribution in [2.24, 2.45) is 0 Å². The number of carboxylic acid groups (broad SMARTS) is 3. The molecule has 0 saturated carbocycles. The fourth-order valence-corrected chi connectivity index (χ4v) is 2.55. The molecule has 1 aromatic carbocycles. The van der Waals surface area contributed by atoms with Crippen LogP contribution in [0.15, 0.2) is 31.4 Å². The molecule has 6 N–H and O–H groups in total. The number of rotatable bonds is 11. The lowest BCUT2D eigenvalue weighted by atomic mass is 10.1. The van der Waals surface area contributed by atoms with E-state index in [-0.39, 0.29) is 16.7 Å². The normalized spacial score (nSPS) is 11.7. The van der Waals surface area contributed by atoms with Gasteiger partial charge in [-0.1, -0.05) is 0 Å². The number of aldehydes is 2. The zero-order chi connectivity index (χ0) is 28.8. The van der Waals surface area contributed by atoms with Crippen molar-refractivity contribution in [3.05, 3.63) is 48.0 Å². The van der Waals surface area contributed by atoms with E-state index >= 15 is 0 Å². The Kier molecular flexibility index (Phi) is 23.1. The number of carbonyl (C=O) groups excluding carboxylic acids is 3. The van der Waals surface area contributed by atoms with Gasteiger partial charge in [-0.25, -0.2) is 0 Å². The number of hydrogen-bond acceptors (Lipinski definition) is 10. The summed E-state index contributed by atoms with van der Waals surface area (Å²) in [6.07, 6.45) is 1.01. The first-order chi connectivity index (χ1) is 16.9. The molecule has 0 spiro atoms. The lowest BCUT2D eigenvalue weighted by molar-refractivity contribution is -0.139. The highest BCUT2D eigenvalue weighted by Gasteiger charge is 2.16. The Bertz CT molecular complexity index is 813. The molecule has 2 unspecified atom stereocenters. The van der Waals surface area contributed by atoms with Crippen molar-refractivity contribution in [3.63, 3.8) is 0 Å². The Hall–Kier alpha value is -3.20. The van der Waals surface area contributed by atoms with Gasteiger partial charge in [0.1, 0.15) is 30.7 Å². The molecule has 0 aliphatic rings. The molecule has 0 saturated heterocycles. The van der Waals surface area contributed by atoms with Crippen LogP contribution in [0.25, 0.3) is 0 Å². The van der Waals surface area contributed by atoms with Crippen LogP contribution in [0.2, 0.25) is 0 Å². The van der Waals surface area contributed by atoms with Crippen LogP contribution in [0.3, 0.4) is 0 Å².